The molecule has 2 atom stereocenters. The van der Waals surface area contributed by atoms with E-state index < -0.39 is 10.8 Å². The van der Waals surface area contributed by atoms with E-state index in [0.29, 0.717) is 11.8 Å². The van der Waals surface area contributed by atoms with Crippen LogP contribution in [0.2, 0.25) is 0 Å². The van der Waals surface area contributed by atoms with Gasteiger partial charge in [0.1, 0.15) is 5.56 Å². The lowest BCUT2D eigenvalue weighted by molar-refractivity contribution is -0.385. The van der Waals surface area contributed by atoms with Gasteiger partial charge in [-0.1, -0.05) is 6.42 Å². The lowest BCUT2D eigenvalue weighted by atomic mass is 9.98. The van der Waals surface area contributed by atoms with E-state index in [1.165, 1.54) is 32.8 Å². The predicted molar refractivity (Wildman–Crippen MR) is 91.3 cm³/mol. The van der Waals surface area contributed by atoms with Crippen LogP contribution in [-0.4, -0.2) is 55.1 Å². The van der Waals surface area contributed by atoms with Crippen LogP contribution in [0.4, 0.5) is 5.69 Å². The molecule has 2 heterocycles. The molecule has 8 nitrogen and oxygen atoms in total. The Hall–Kier alpha value is -2.35. The number of nitrogens with one attached hydrogen (secondary N) is 1. The first-order chi connectivity index (χ1) is 12.0. The Morgan fingerprint density at radius 2 is 1.92 bits per heavy atom. The minimum Gasteiger partial charge on any atom is -0.493 e. The average molecular weight is 349 g/mol. The summed E-state index contributed by atoms with van der Waals surface area (Å²) in [4.78, 5) is 25.9. The lowest BCUT2D eigenvalue weighted by Crippen LogP contribution is -2.46. The Labute approximate surface area is 146 Å². The molecule has 0 aromatic heterocycles. The fraction of sp³-hybridized carbons (Fsp3) is 0.588. The topological polar surface area (TPSA) is 93.9 Å². The van der Waals surface area contributed by atoms with E-state index >= 15 is 0 Å². The number of amides is 1. The maximum Gasteiger partial charge on any atom is 0.286 e. The Morgan fingerprint density at radius 1 is 1.20 bits per heavy atom. The maximum absolute atomic E-state index is 12.7. The molecular weight excluding hydrogens is 326 g/mol. The fourth-order valence-corrected chi connectivity index (χ4v) is 3.86. The van der Waals surface area contributed by atoms with Crippen molar-refractivity contribution in [3.63, 3.8) is 0 Å². The maximum atomic E-state index is 12.7. The van der Waals surface area contributed by atoms with Crippen LogP contribution in [0.3, 0.4) is 0 Å². The number of piperidine rings is 1. The third-order valence-electron chi connectivity index (χ3n) is 5.12. The number of ether oxygens (including phenoxy) is 2. The van der Waals surface area contributed by atoms with Crippen LogP contribution in [0.5, 0.6) is 11.5 Å². The van der Waals surface area contributed by atoms with Crippen molar-refractivity contribution in [3.05, 3.63) is 27.8 Å². The van der Waals surface area contributed by atoms with Crippen LogP contribution >= 0.6 is 0 Å². The van der Waals surface area contributed by atoms with Crippen molar-refractivity contribution in [3.8, 4) is 11.5 Å². The molecule has 0 radical (unpaired) electrons. The first-order valence-electron chi connectivity index (χ1n) is 8.50. The zero-order valence-corrected chi connectivity index (χ0v) is 14.5. The number of carbonyl (C=O) groups is 1. The van der Waals surface area contributed by atoms with Crippen molar-refractivity contribution in [1.29, 1.82) is 0 Å². The molecule has 25 heavy (non-hydrogen) atoms. The summed E-state index contributed by atoms with van der Waals surface area (Å²) in [7, 11) is 2.83. The van der Waals surface area contributed by atoms with E-state index in [2.05, 4.69) is 10.2 Å². The molecule has 0 aliphatic carbocycles. The second-order valence-corrected chi connectivity index (χ2v) is 6.45. The quantitative estimate of drug-likeness (QED) is 0.645. The molecule has 0 saturated carbocycles. The van der Waals surface area contributed by atoms with Gasteiger partial charge in [-0.25, -0.2) is 0 Å². The highest BCUT2D eigenvalue weighted by Gasteiger charge is 2.37. The molecule has 3 rings (SSSR count). The van der Waals surface area contributed by atoms with Gasteiger partial charge in [-0.2, -0.15) is 0 Å². The van der Waals surface area contributed by atoms with Crippen molar-refractivity contribution in [1.82, 2.24) is 10.2 Å². The lowest BCUT2D eigenvalue weighted by Gasteiger charge is -2.32. The van der Waals surface area contributed by atoms with Crippen molar-refractivity contribution in [2.75, 3.05) is 27.3 Å². The Kier molecular flexibility index (Phi) is 5.08. The highest BCUT2D eigenvalue weighted by atomic mass is 16.6. The van der Waals surface area contributed by atoms with Gasteiger partial charge in [0.25, 0.3) is 11.6 Å². The van der Waals surface area contributed by atoms with Crippen LogP contribution in [0.25, 0.3) is 0 Å². The number of methoxy groups -OCH3 is 2. The van der Waals surface area contributed by atoms with Gasteiger partial charge in [-0.3, -0.25) is 19.8 Å². The predicted octanol–water partition coefficient (Wildman–Crippen LogP) is 1.97. The minimum atomic E-state index is -0.571. The monoisotopic (exact) mass is 349 g/mol. The number of nitro groups is 1. The van der Waals surface area contributed by atoms with Gasteiger partial charge in [-0.15, -0.1) is 0 Å². The average Bonchev–Trinajstić information content (AvgIpc) is 3.03. The molecule has 8 heteroatoms. The Balaban J connectivity index is 1.84. The number of nitro benzene ring substituents is 1. The second kappa shape index (κ2) is 7.26. The molecular formula is C17H23N3O5. The van der Waals surface area contributed by atoms with Gasteiger partial charge in [0.15, 0.2) is 11.5 Å². The summed E-state index contributed by atoms with van der Waals surface area (Å²) < 4.78 is 10.3. The van der Waals surface area contributed by atoms with Crippen LogP contribution in [0, 0.1) is 10.1 Å². The van der Waals surface area contributed by atoms with E-state index in [1.54, 1.807) is 0 Å². The standard InChI is InChI=1S/C17H23N3O5/c1-24-15-9-11(14(20(22)23)10-16(15)25-2)17(21)18-12-6-8-19-7-4-3-5-13(12)19/h9-10,12-13H,3-8H2,1-2H3,(H,18,21). The highest BCUT2D eigenvalue weighted by Crippen LogP contribution is 2.35. The molecule has 2 fully saturated rings. The number of nitrogens with zero attached hydrogens (tertiary/aromatic N) is 2. The molecule has 2 aliphatic rings. The smallest absolute Gasteiger partial charge is 0.286 e. The number of fused-ring (bicyclic) bond motifs is 1. The molecule has 0 spiro atoms. The summed E-state index contributed by atoms with van der Waals surface area (Å²) in [6.07, 6.45) is 4.28. The normalized spacial score (nSPS) is 23.0. The summed E-state index contributed by atoms with van der Waals surface area (Å²) in [5.41, 5.74) is -0.287. The van der Waals surface area contributed by atoms with Gasteiger partial charge < -0.3 is 14.8 Å². The van der Waals surface area contributed by atoms with Crippen LogP contribution in [-0.2, 0) is 0 Å². The molecule has 1 N–H and O–H groups in total. The summed E-state index contributed by atoms with van der Waals surface area (Å²) in [5, 5.41) is 14.4. The summed E-state index contributed by atoms with van der Waals surface area (Å²) >= 11 is 0. The van der Waals surface area contributed by atoms with Gasteiger partial charge in [0.05, 0.1) is 25.2 Å². The van der Waals surface area contributed by atoms with Crippen molar-refractivity contribution in [2.45, 2.75) is 37.8 Å². The number of carbonyl (C=O) groups excluding carboxylic acids is 1. The van der Waals surface area contributed by atoms with Crippen molar-refractivity contribution >= 4 is 11.6 Å². The highest BCUT2D eigenvalue weighted by molar-refractivity contribution is 5.99. The third kappa shape index (κ3) is 3.39. The molecule has 2 unspecified atom stereocenters. The van der Waals surface area contributed by atoms with Gasteiger partial charge in [-0.05, 0) is 25.8 Å². The molecule has 1 amide bonds. The molecule has 0 bridgehead atoms. The van der Waals surface area contributed by atoms with Crippen LogP contribution in [0.1, 0.15) is 36.0 Å². The van der Waals surface area contributed by atoms with E-state index in [-0.39, 0.29) is 23.0 Å². The van der Waals surface area contributed by atoms with Crippen molar-refractivity contribution < 1.29 is 19.2 Å². The summed E-state index contributed by atoms with van der Waals surface area (Å²) in [6, 6.07) is 2.97. The Bertz CT molecular complexity index is 678. The van der Waals surface area contributed by atoms with Crippen LogP contribution < -0.4 is 14.8 Å². The zero-order chi connectivity index (χ0) is 18.0. The van der Waals surface area contributed by atoms with E-state index in [1.807, 2.05) is 0 Å². The summed E-state index contributed by atoms with van der Waals surface area (Å²) in [5.74, 6) is 0.0825. The van der Waals surface area contributed by atoms with E-state index in [9.17, 15) is 14.9 Å². The molecule has 2 saturated heterocycles. The first kappa shape index (κ1) is 17.5. The van der Waals surface area contributed by atoms with Gasteiger partial charge in [0.2, 0.25) is 0 Å². The van der Waals surface area contributed by atoms with Crippen LogP contribution in [0.15, 0.2) is 12.1 Å². The van der Waals surface area contributed by atoms with Gasteiger partial charge >= 0.3 is 0 Å². The molecule has 1 aromatic carbocycles. The number of benzene rings is 1. The molecule has 2 aliphatic heterocycles. The number of rotatable bonds is 5. The zero-order valence-electron chi connectivity index (χ0n) is 14.5. The number of hydrogen-bond acceptors (Lipinski definition) is 6. The second-order valence-electron chi connectivity index (χ2n) is 6.45. The fourth-order valence-electron chi connectivity index (χ4n) is 3.86. The molecule has 1 aromatic rings. The minimum absolute atomic E-state index is 0.00286. The number of hydrogen-bond donors (Lipinski definition) is 1. The summed E-state index contributed by atoms with van der Waals surface area (Å²) in [6.45, 7) is 2.02. The Morgan fingerprint density at radius 3 is 2.60 bits per heavy atom. The SMILES string of the molecule is COc1cc(C(=O)NC2CCN3CCCCC23)c([N+](=O)[O-])cc1OC. The molecule has 136 valence electrons. The van der Waals surface area contributed by atoms with Crippen molar-refractivity contribution in [2.24, 2.45) is 0 Å². The third-order valence-corrected chi connectivity index (χ3v) is 5.12. The van der Waals surface area contributed by atoms with E-state index in [0.717, 1.165) is 32.4 Å². The van der Waals surface area contributed by atoms with E-state index in [4.69, 9.17) is 9.47 Å². The largest absolute Gasteiger partial charge is 0.493 e. The first-order valence-corrected chi connectivity index (χ1v) is 8.50. The van der Waals surface area contributed by atoms with Gasteiger partial charge in [0, 0.05) is 24.7 Å².